The fourth-order valence-electron chi connectivity index (χ4n) is 1.17. The maximum absolute atomic E-state index is 10.5. The average molecular weight is 335 g/mol. The molecule has 128 valence electrons. The van der Waals surface area contributed by atoms with Gasteiger partial charge in [-0.05, 0) is 19.1 Å². The predicted molar refractivity (Wildman–Crippen MR) is 85.5 cm³/mol. The molecule has 0 aromatic heterocycles. The lowest BCUT2D eigenvalue weighted by Crippen LogP contribution is -2.37. The molecule has 1 rings (SSSR count). The van der Waals surface area contributed by atoms with Gasteiger partial charge in [0.25, 0.3) is 10.1 Å². The lowest BCUT2D eigenvalue weighted by molar-refractivity contribution is -0.870. The maximum atomic E-state index is 10.5. The van der Waals surface area contributed by atoms with Crippen LogP contribution in [0.2, 0.25) is 0 Å². The molecule has 0 fully saturated rings. The number of benzene rings is 1. The summed E-state index contributed by atoms with van der Waals surface area (Å²) in [6.07, 6.45) is 0. The molecule has 0 heterocycles. The fraction of sp³-hybridized carbons (Fsp3) is 0.500. The van der Waals surface area contributed by atoms with Gasteiger partial charge in [0.15, 0.2) is 0 Å². The highest BCUT2D eigenvalue weighted by Gasteiger charge is 2.07. The van der Waals surface area contributed by atoms with Crippen molar-refractivity contribution in [1.82, 2.24) is 6.15 Å². The van der Waals surface area contributed by atoms with Crippen molar-refractivity contribution in [3.8, 4) is 0 Å². The molecule has 0 amide bonds. The number of quaternary nitrogens is 1. The Kier molecular flexibility index (Phi) is 9.86. The van der Waals surface area contributed by atoms with Gasteiger partial charge in [-0.2, -0.15) is 8.42 Å². The first-order valence-corrected chi connectivity index (χ1v) is 7.84. The molecule has 0 bridgehead atoms. The second kappa shape index (κ2) is 9.52. The molecule has 0 radical (unpaired) electrons. The zero-order valence-electron chi connectivity index (χ0n) is 13.9. The van der Waals surface area contributed by atoms with Crippen molar-refractivity contribution in [2.24, 2.45) is 0 Å². The van der Waals surface area contributed by atoms with Gasteiger partial charge >= 0.3 is 5.97 Å². The highest BCUT2D eigenvalue weighted by Crippen LogP contribution is 2.08. The largest absolute Gasteiger partial charge is 0.460 e. The van der Waals surface area contributed by atoms with Gasteiger partial charge in [-0.15, -0.1) is 0 Å². The number of aryl methyl sites for hydroxylation is 1. The number of esters is 1. The van der Waals surface area contributed by atoms with Crippen LogP contribution in [-0.4, -0.2) is 57.7 Å². The van der Waals surface area contributed by atoms with Crippen molar-refractivity contribution in [2.45, 2.75) is 18.7 Å². The molecule has 8 heteroatoms. The zero-order chi connectivity index (χ0) is 16.7. The lowest BCUT2D eigenvalue weighted by Gasteiger charge is -2.23. The Morgan fingerprint density at radius 2 is 1.64 bits per heavy atom. The molecule has 0 aliphatic heterocycles. The van der Waals surface area contributed by atoms with E-state index in [1.54, 1.807) is 12.1 Å². The first-order chi connectivity index (χ1) is 9.42. The molecule has 22 heavy (non-hydrogen) atoms. The van der Waals surface area contributed by atoms with Gasteiger partial charge in [-0.1, -0.05) is 17.7 Å². The Hall–Kier alpha value is -1.48. The third-order valence-corrected chi connectivity index (χ3v) is 3.25. The third-order valence-electron chi connectivity index (χ3n) is 2.39. The van der Waals surface area contributed by atoms with E-state index in [0.717, 1.165) is 16.6 Å². The monoisotopic (exact) mass is 335 g/mol. The summed E-state index contributed by atoms with van der Waals surface area (Å²) >= 11 is 0. The van der Waals surface area contributed by atoms with E-state index in [4.69, 9.17) is 9.29 Å². The van der Waals surface area contributed by atoms with E-state index in [-0.39, 0.29) is 17.0 Å². The molecule has 0 saturated heterocycles. The predicted octanol–water partition coefficient (Wildman–Crippen LogP) is 1.66. The average Bonchev–Trinajstić information content (AvgIpc) is 2.26. The molecule has 0 unspecified atom stereocenters. The minimum absolute atomic E-state index is 0. The van der Waals surface area contributed by atoms with Crippen molar-refractivity contribution >= 4 is 16.1 Å². The van der Waals surface area contributed by atoms with Crippen molar-refractivity contribution in [3.05, 3.63) is 29.8 Å². The summed E-state index contributed by atoms with van der Waals surface area (Å²) < 4.78 is 35.1. The van der Waals surface area contributed by atoms with E-state index >= 15 is 0 Å². The van der Waals surface area contributed by atoms with E-state index in [1.165, 1.54) is 19.1 Å². The number of hydrogen-bond acceptors (Lipinski definition) is 5. The summed E-state index contributed by atoms with van der Waals surface area (Å²) in [6, 6.07) is 5.99. The van der Waals surface area contributed by atoms with E-state index in [2.05, 4.69) is 21.1 Å². The van der Waals surface area contributed by atoms with Crippen LogP contribution in [0.5, 0.6) is 0 Å². The second-order valence-corrected chi connectivity index (χ2v) is 7.06. The number of rotatable bonds is 4. The number of likely N-dealkylation sites (N-methyl/N-ethyl adjacent to an activating group) is 1. The van der Waals surface area contributed by atoms with E-state index in [0.29, 0.717) is 6.61 Å². The molecule has 1 aromatic rings. The molecule has 0 aliphatic rings. The third kappa shape index (κ3) is 12.3. The summed E-state index contributed by atoms with van der Waals surface area (Å²) in [6.45, 7) is 4.64. The Bertz CT molecular complexity index is 548. The van der Waals surface area contributed by atoms with Crippen molar-refractivity contribution in [2.75, 3.05) is 34.3 Å². The molecule has 0 atom stereocenters. The van der Waals surface area contributed by atoms with E-state index in [1.807, 2.05) is 6.92 Å². The number of hydrogen-bond donors (Lipinski definition) is 2. The van der Waals surface area contributed by atoms with Gasteiger partial charge in [0.1, 0.15) is 13.2 Å². The fourth-order valence-corrected chi connectivity index (χ4v) is 1.65. The summed E-state index contributed by atoms with van der Waals surface area (Å²) in [5.41, 5.74) is 0.956. The summed E-state index contributed by atoms with van der Waals surface area (Å²) in [7, 11) is 2.16. The minimum Gasteiger partial charge on any atom is -0.460 e. The normalized spacial score (nSPS) is 10.8. The Balaban J connectivity index is 0. The summed E-state index contributed by atoms with van der Waals surface area (Å²) in [5.74, 6) is -0.201. The maximum Gasteiger partial charge on any atom is 0.302 e. The van der Waals surface area contributed by atoms with Gasteiger partial charge in [0.2, 0.25) is 0 Å². The van der Waals surface area contributed by atoms with E-state index < -0.39 is 10.1 Å². The van der Waals surface area contributed by atoms with Crippen LogP contribution in [0.25, 0.3) is 0 Å². The minimum atomic E-state index is -4.02. The molecule has 4 N–H and O–H groups in total. The highest BCUT2D eigenvalue weighted by molar-refractivity contribution is 7.85. The first-order valence-electron chi connectivity index (χ1n) is 6.40. The molecule has 7 nitrogen and oxygen atoms in total. The number of carbonyl (C=O) groups is 1. The SMILES string of the molecule is CC(=O)OCC[N+](C)(C)C.Cc1ccc(S(=O)(=O)O)cc1.N. The van der Waals surface area contributed by atoms with Crippen LogP contribution < -0.4 is 6.15 Å². The van der Waals surface area contributed by atoms with Gasteiger partial charge in [-0.3, -0.25) is 9.35 Å². The van der Waals surface area contributed by atoms with Gasteiger partial charge in [0, 0.05) is 6.92 Å². The van der Waals surface area contributed by atoms with Gasteiger partial charge < -0.3 is 15.4 Å². The molecule has 1 aromatic carbocycles. The molecular weight excluding hydrogens is 308 g/mol. The lowest BCUT2D eigenvalue weighted by atomic mass is 10.2. The smallest absolute Gasteiger partial charge is 0.302 e. The van der Waals surface area contributed by atoms with Crippen LogP contribution >= 0.6 is 0 Å². The topological polar surface area (TPSA) is 116 Å². The van der Waals surface area contributed by atoms with Crippen LogP contribution in [0, 0.1) is 6.92 Å². The Labute approximate surface area is 132 Å². The van der Waals surface area contributed by atoms with Crippen LogP contribution in [0.4, 0.5) is 0 Å². The van der Waals surface area contributed by atoms with E-state index in [9.17, 15) is 13.2 Å². The van der Waals surface area contributed by atoms with Crippen molar-refractivity contribution in [1.29, 1.82) is 0 Å². The first kappa shape index (κ1) is 22.8. The van der Waals surface area contributed by atoms with Gasteiger partial charge in [-0.25, -0.2) is 0 Å². The molecule has 0 aliphatic carbocycles. The number of carbonyl (C=O) groups excluding carboxylic acids is 1. The zero-order valence-corrected chi connectivity index (χ0v) is 14.7. The van der Waals surface area contributed by atoms with Gasteiger partial charge in [0.05, 0.1) is 26.0 Å². The molecule has 0 saturated carbocycles. The Morgan fingerprint density at radius 3 is 1.95 bits per heavy atom. The van der Waals surface area contributed by atoms with Crippen LogP contribution in [0.15, 0.2) is 29.2 Å². The van der Waals surface area contributed by atoms with Crippen LogP contribution in [0.1, 0.15) is 12.5 Å². The second-order valence-electron chi connectivity index (χ2n) is 5.64. The molecule has 0 spiro atoms. The summed E-state index contributed by atoms with van der Waals surface area (Å²) in [5, 5.41) is 0. The number of ether oxygens (including phenoxy) is 1. The quantitative estimate of drug-likeness (QED) is 0.491. The Morgan fingerprint density at radius 1 is 1.18 bits per heavy atom. The summed E-state index contributed by atoms with van der Waals surface area (Å²) in [4.78, 5) is 10.2. The van der Waals surface area contributed by atoms with Crippen LogP contribution in [0.3, 0.4) is 0 Å². The molecular formula is C14H27N2O5S+. The standard InChI is InChI=1S/C7H16NO2.C7H8O3S.H3N/c1-7(9)10-6-5-8(2,3)4;1-6-2-4-7(5-3-6)11(8,9)10;/h5-6H2,1-4H3;2-5H,1H3,(H,8,9,10);1H3/q+1;;. The van der Waals surface area contributed by atoms with Crippen LogP contribution in [-0.2, 0) is 19.6 Å². The van der Waals surface area contributed by atoms with Crippen molar-refractivity contribution < 1.29 is 27.0 Å². The number of nitrogens with zero attached hydrogens (tertiary/aromatic N) is 1. The van der Waals surface area contributed by atoms with Crippen molar-refractivity contribution in [3.63, 3.8) is 0 Å². The highest BCUT2D eigenvalue weighted by atomic mass is 32.2.